The molecule has 0 bridgehead atoms. The van der Waals surface area contributed by atoms with Crippen LogP contribution in [-0.4, -0.2) is 38.9 Å². The third-order valence-electron chi connectivity index (χ3n) is 5.81. The smallest absolute Gasteiger partial charge is 0.191 e. The average Bonchev–Trinajstić information content (AvgIpc) is 3.30. The van der Waals surface area contributed by atoms with E-state index in [1.54, 1.807) is 13.1 Å². The van der Waals surface area contributed by atoms with Gasteiger partial charge in [0.2, 0.25) is 0 Å². The molecule has 1 saturated carbocycles. The molecule has 0 radical (unpaired) electrons. The van der Waals surface area contributed by atoms with Crippen LogP contribution in [0.3, 0.4) is 0 Å². The van der Waals surface area contributed by atoms with Gasteiger partial charge < -0.3 is 20.1 Å². The molecule has 2 fully saturated rings. The highest BCUT2D eigenvalue weighted by atomic mass is 127. The Morgan fingerprint density at radius 3 is 2.84 bits per heavy atom. The van der Waals surface area contributed by atoms with Crippen LogP contribution in [0, 0.1) is 18.7 Å². The van der Waals surface area contributed by atoms with Crippen molar-refractivity contribution in [2.75, 3.05) is 26.9 Å². The summed E-state index contributed by atoms with van der Waals surface area (Å²) in [5.74, 6) is 2.14. The van der Waals surface area contributed by atoms with Crippen molar-refractivity contribution in [2.45, 2.75) is 38.3 Å². The maximum Gasteiger partial charge on any atom is 0.191 e. The van der Waals surface area contributed by atoms with E-state index in [2.05, 4.69) is 40.7 Å². The number of aliphatic imine (C=N–C) groups is 1. The van der Waals surface area contributed by atoms with Gasteiger partial charge in [-0.3, -0.25) is 4.99 Å². The van der Waals surface area contributed by atoms with Gasteiger partial charge in [-0.15, -0.1) is 24.0 Å². The van der Waals surface area contributed by atoms with Crippen molar-refractivity contribution >= 4 is 29.9 Å². The van der Waals surface area contributed by atoms with Crippen LogP contribution in [0.2, 0.25) is 0 Å². The highest BCUT2D eigenvalue weighted by Crippen LogP contribution is 2.41. The van der Waals surface area contributed by atoms with Crippen LogP contribution < -0.4 is 15.4 Å². The molecule has 2 aromatic rings. The minimum Gasteiger partial charge on any atom is -0.493 e. The van der Waals surface area contributed by atoms with E-state index < -0.39 is 0 Å². The van der Waals surface area contributed by atoms with E-state index in [1.165, 1.54) is 11.6 Å². The third-order valence-corrected chi connectivity index (χ3v) is 5.81. The molecule has 4 rings (SSSR count). The summed E-state index contributed by atoms with van der Waals surface area (Å²) < 4.78 is 25.6. The first-order chi connectivity index (χ1) is 14.6. The standard InChI is InChI=1S/C24H30FN3O2.HI/c1-16-7-8-18(23(11-16)30-15-17-9-10-29-14-17)13-27-24(26-2)28-22-12-20(22)19-5-3-4-6-21(19)25;/h3-8,11,17,20,22H,9-10,12-15H2,1-2H3,(H2,26,27,28);1H. The fraction of sp³-hybridized carbons (Fsp3) is 0.458. The molecule has 1 heterocycles. The van der Waals surface area contributed by atoms with Gasteiger partial charge in [-0.25, -0.2) is 4.39 Å². The molecule has 0 aromatic heterocycles. The number of hydrogen-bond donors (Lipinski definition) is 2. The Bertz CT molecular complexity index is 902. The predicted octanol–water partition coefficient (Wildman–Crippen LogP) is 4.39. The summed E-state index contributed by atoms with van der Waals surface area (Å²) in [4.78, 5) is 4.33. The van der Waals surface area contributed by atoms with Gasteiger partial charge in [-0.1, -0.05) is 30.3 Å². The SMILES string of the molecule is CN=C(NCc1ccc(C)cc1OCC1CCOC1)NC1CC1c1ccccc1F.I. The van der Waals surface area contributed by atoms with Crippen molar-refractivity contribution in [2.24, 2.45) is 10.9 Å². The van der Waals surface area contributed by atoms with Gasteiger partial charge in [0.1, 0.15) is 11.6 Å². The minimum absolute atomic E-state index is 0. The zero-order chi connectivity index (χ0) is 20.9. The van der Waals surface area contributed by atoms with E-state index in [-0.39, 0.29) is 41.8 Å². The zero-order valence-corrected chi connectivity index (χ0v) is 20.4. The van der Waals surface area contributed by atoms with E-state index in [9.17, 15) is 4.39 Å². The topological polar surface area (TPSA) is 54.9 Å². The van der Waals surface area contributed by atoms with Crippen molar-refractivity contribution in [3.8, 4) is 5.75 Å². The zero-order valence-electron chi connectivity index (χ0n) is 18.1. The maximum atomic E-state index is 14.0. The van der Waals surface area contributed by atoms with Crippen molar-refractivity contribution in [1.82, 2.24) is 10.6 Å². The van der Waals surface area contributed by atoms with Crippen LogP contribution in [0.5, 0.6) is 5.75 Å². The van der Waals surface area contributed by atoms with Crippen LogP contribution in [0.1, 0.15) is 35.4 Å². The number of nitrogens with one attached hydrogen (secondary N) is 2. The van der Waals surface area contributed by atoms with Crippen molar-refractivity contribution in [3.63, 3.8) is 0 Å². The lowest BCUT2D eigenvalue weighted by Gasteiger charge is -2.17. The first-order valence-corrected chi connectivity index (χ1v) is 10.7. The molecule has 0 spiro atoms. The molecule has 5 nitrogen and oxygen atoms in total. The van der Waals surface area contributed by atoms with E-state index >= 15 is 0 Å². The highest BCUT2D eigenvalue weighted by molar-refractivity contribution is 14.0. The maximum absolute atomic E-state index is 14.0. The molecule has 31 heavy (non-hydrogen) atoms. The van der Waals surface area contributed by atoms with Gasteiger partial charge in [0, 0.05) is 43.6 Å². The van der Waals surface area contributed by atoms with Crippen molar-refractivity contribution in [3.05, 3.63) is 65.0 Å². The lowest BCUT2D eigenvalue weighted by molar-refractivity contribution is 0.166. The number of benzene rings is 2. The lowest BCUT2D eigenvalue weighted by Crippen LogP contribution is -2.38. The van der Waals surface area contributed by atoms with E-state index in [1.807, 2.05) is 12.1 Å². The first-order valence-electron chi connectivity index (χ1n) is 10.7. The summed E-state index contributed by atoms with van der Waals surface area (Å²) in [7, 11) is 1.75. The number of hydrogen-bond acceptors (Lipinski definition) is 3. The average molecular weight is 539 g/mol. The fourth-order valence-corrected chi connectivity index (χ4v) is 3.89. The molecule has 7 heteroatoms. The molecule has 2 aromatic carbocycles. The molecule has 1 saturated heterocycles. The Labute approximate surface area is 200 Å². The third kappa shape index (κ3) is 6.32. The molecule has 168 valence electrons. The normalized spacial score (nSPS) is 22.5. The molecule has 2 N–H and O–H groups in total. The second kappa shape index (κ2) is 11.1. The minimum atomic E-state index is -0.135. The lowest BCUT2D eigenvalue weighted by atomic mass is 10.1. The molecule has 1 aliphatic heterocycles. The number of nitrogens with zero attached hydrogens (tertiary/aromatic N) is 1. The number of halogens is 2. The molecule has 2 aliphatic rings. The van der Waals surface area contributed by atoms with E-state index in [0.717, 1.165) is 48.9 Å². The van der Waals surface area contributed by atoms with Crippen LogP contribution >= 0.6 is 24.0 Å². The van der Waals surface area contributed by atoms with Crippen LogP contribution in [0.25, 0.3) is 0 Å². The monoisotopic (exact) mass is 539 g/mol. The van der Waals surface area contributed by atoms with Gasteiger partial charge in [-0.05, 0) is 43.0 Å². The molecule has 3 unspecified atom stereocenters. The quantitative estimate of drug-likeness (QED) is 0.312. The number of aryl methyl sites for hydroxylation is 1. The highest BCUT2D eigenvalue weighted by Gasteiger charge is 2.40. The van der Waals surface area contributed by atoms with E-state index in [0.29, 0.717) is 19.1 Å². The molecular formula is C24H31FIN3O2. The first kappa shape index (κ1) is 23.8. The van der Waals surface area contributed by atoms with Gasteiger partial charge in [0.15, 0.2) is 5.96 Å². The van der Waals surface area contributed by atoms with Gasteiger partial charge in [0.25, 0.3) is 0 Å². The van der Waals surface area contributed by atoms with Crippen molar-refractivity contribution < 1.29 is 13.9 Å². The Balaban J connectivity index is 0.00000272. The second-order valence-electron chi connectivity index (χ2n) is 8.19. The Kier molecular flexibility index (Phi) is 8.54. The van der Waals surface area contributed by atoms with E-state index in [4.69, 9.17) is 9.47 Å². The Morgan fingerprint density at radius 2 is 2.10 bits per heavy atom. The van der Waals surface area contributed by atoms with Gasteiger partial charge in [-0.2, -0.15) is 0 Å². The van der Waals surface area contributed by atoms with Crippen LogP contribution in [0.15, 0.2) is 47.5 Å². The Hall–Kier alpha value is -1.87. The summed E-state index contributed by atoms with van der Waals surface area (Å²) in [6.45, 7) is 4.95. The van der Waals surface area contributed by atoms with Gasteiger partial charge in [0.05, 0.1) is 13.2 Å². The predicted molar refractivity (Wildman–Crippen MR) is 132 cm³/mol. The van der Waals surface area contributed by atoms with Crippen LogP contribution in [-0.2, 0) is 11.3 Å². The summed E-state index contributed by atoms with van der Waals surface area (Å²) in [5, 5.41) is 6.78. The largest absolute Gasteiger partial charge is 0.493 e. The molecule has 0 amide bonds. The number of guanidine groups is 1. The molecular weight excluding hydrogens is 508 g/mol. The summed E-state index contributed by atoms with van der Waals surface area (Å²) in [5.41, 5.74) is 3.03. The summed E-state index contributed by atoms with van der Waals surface area (Å²) in [6.07, 6.45) is 1.96. The van der Waals surface area contributed by atoms with Crippen LogP contribution in [0.4, 0.5) is 4.39 Å². The second-order valence-corrected chi connectivity index (χ2v) is 8.19. The molecule has 3 atom stereocenters. The summed E-state index contributed by atoms with van der Waals surface area (Å²) >= 11 is 0. The Morgan fingerprint density at radius 1 is 1.26 bits per heavy atom. The summed E-state index contributed by atoms with van der Waals surface area (Å²) in [6, 6.07) is 13.5. The molecule has 1 aliphatic carbocycles. The number of rotatable bonds is 7. The fourth-order valence-electron chi connectivity index (χ4n) is 3.89. The number of ether oxygens (including phenoxy) is 2. The van der Waals surface area contributed by atoms with Crippen molar-refractivity contribution in [1.29, 1.82) is 0 Å². The van der Waals surface area contributed by atoms with Gasteiger partial charge >= 0.3 is 0 Å².